The highest BCUT2D eigenvalue weighted by Gasteiger charge is 2.10. The Balaban J connectivity index is 3.57. The van der Waals surface area contributed by atoms with Crippen LogP contribution in [-0.2, 0) is 9.84 Å². The molecule has 14 heavy (non-hydrogen) atoms. The first-order chi connectivity index (χ1) is 6.39. The summed E-state index contributed by atoms with van der Waals surface area (Å²) in [7, 11) is -2.84. The van der Waals surface area contributed by atoms with Gasteiger partial charge in [-0.1, -0.05) is 20.8 Å². The molecule has 0 saturated carbocycles. The second-order valence-corrected chi connectivity index (χ2v) is 6.73. The molecular weight excluding hydrogens is 222 g/mol. The number of nitrogens with one attached hydrogen (secondary N) is 1. The first kappa shape index (κ1) is 14.2. The van der Waals surface area contributed by atoms with Crippen LogP contribution in [0.2, 0.25) is 0 Å². The number of halogens is 1. The lowest BCUT2D eigenvalue weighted by molar-refractivity contribution is 0.550. The van der Waals surface area contributed by atoms with Crippen molar-refractivity contribution in [1.29, 1.82) is 0 Å². The second-order valence-electron chi connectivity index (χ2n) is 3.70. The topological polar surface area (TPSA) is 46.2 Å². The van der Waals surface area contributed by atoms with Gasteiger partial charge in [0.2, 0.25) is 0 Å². The van der Waals surface area contributed by atoms with Crippen molar-refractivity contribution in [3.8, 4) is 0 Å². The summed E-state index contributed by atoms with van der Waals surface area (Å²) in [4.78, 5) is 0. The number of sulfone groups is 1. The van der Waals surface area contributed by atoms with Crippen molar-refractivity contribution in [2.24, 2.45) is 5.92 Å². The van der Waals surface area contributed by atoms with Crippen molar-refractivity contribution in [1.82, 2.24) is 5.32 Å². The van der Waals surface area contributed by atoms with Gasteiger partial charge in [-0.05, 0) is 5.92 Å². The minimum absolute atomic E-state index is 0.0688. The highest BCUT2D eigenvalue weighted by molar-refractivity contribution is 7.91. The smallest absolute Gasteiger partial charge is 0.151 e. The lowest BCUT2D eigenvalue weighted by atomic mass is 10.1. The van der Waals surface area contributed by atoms with E-state index >= 15 is 0 Å². The summed E-state index contributed by atoms with van der Waals surface area (Å²) in [6, 6.07) is 0. The maximum absolute atomic E-state index is 11.1. The fourth-order valence-corrected chi connectivity index (χ4v) is 1.70. The van der Waals surface area contributed by atoms with Gasteiger partial charge in [-0.3, -0.25) is 0 Å². The predicted molar refractivity (Wildman–Crippen MR) is 61.7 cm³/mol. The van der Waals surface area contributed by atoms with Crippen molar-refractivity contribution in [2.75, 3.05) is 24.6 Å². The quantitative estimate of drug-likeness (QED) is 0.540. The van der Waals surface area contributed by atoms with Crippen LogP contribution >= 0.6 is 11.6 Å². The molecule has 0 spiro atoms. The molecule has 0 fully saturated rings. The minimum atomic E-state index is -2.84. The van der Waals surface area contributed by atoms with Crippen LogP contribution in [0.1, 0.15) is 20.8 Å². The average molecular weight is 242 g/mol. The maximum Gasteiger partial charge on any atom is 0.151 e. The van der Waals surface area contributed by atoms with Crippen LogP contribution in [0.4, 0.5) is 0 Å². The van der Waals surface area contributed by atoms with Gasteiger partial charge in [0, 0.05) is 24.2 Å². The Morgan fingerprint density at radius 1 is 1.36 bits per heavy atom. The van der Waals surface area contributed by atoms with Crippen molar-refractivity contribution in [2.45, 2.75) is 26.1 Å². The van der Waals surface area contributed by atoms with Gasteiger partial charge >= 0.3 is 0 Å². The Hall–Kier alpha value is 0.200. The summed E-state index contributed by atoms with van der Waals surface area (Å²) in [6.45, 7) is 6.91. The molecule has 0 rings (SSSR count). The monoisotopic (exact) mass is 241 g/mol. The third-order valence-corrected chi connectivity index (χ3v) is 4.46. The van der Waals surface area contributed by atoms with E-state index in [0.29, 0.717) is 19.0 Å². The van der Waals surface area contributed by atoms with Crippen molar-refractivity contribution in [3.63, 3.8) is 0 Å². The van der Waals surface area contributed by atoms with Crippen LogP contribution in [0.5, 0.6) is 0 Å². The lowest BCUT2D eigenvalue weighted by Crippen LogP contribution is -2.31. The summed E-state index contributed by atoms with van der Waals surface area (Å²) >= 11 is 5.99. The predicted octanol–water partition coefficient (Wildman–Crippen LogP) is 1.27. The SMILES string of the molecule is CCS(=O)(=O)CCNCC(Cl)C(C)C. The van der Waals surface area contributed by atoms with E-state index in [1.54, 1.807) is 6.92 Å². The van der Waals surface area contributed by atoms with Crippen LogP contribution in [0.25, 0.3) is 0 Å². The Morgan fingerprint density at radius 2 is 1.93 bits per heavy atom. The molecule has 0 saturated heterocycles. The summed E-state index contributed by atoms with van der Waals surface area (Å²) in [5.41, 5.74) is 0. The van der Waals surface area contributed by atoms with Crippen molar-refractivity contribution < 1.29 is 8.42 Å². The molecule has 1 N–H and O–H groups in total. The highest BCUT2D eigenvalue weighted by atomic mass is 35.5. The molecule has 0 amide bonds. The number of rotatable bonds is 7. The molecule has 5 heteroatoms. The first-order valence-electron chi connectivity index (χ1n) is 4.94. The Labute approximate surface area is 92.1 Å². The molecule has 0 aromatic heterocycles. The van der Waals surface area contributed by atoms with E-state index in [-0.39, 0.29) is 16.9 Å². The van der Waals surface area contributed by atoms with E-state index in [4.69, 9.17) is 11.6 Å². The standard InChI is InChI=1S/C9H20ClNO2S/c1-4-14(12,13)6-5-11-7-9(10)8(2)3/h8-9,11H,4-7H2,1-3H3. The molecule has 1 atom stereocenters. The van der Waals surface area contributed by atoms with Gasteiger partial charge in [0.05, 0.1) is 5.75 Å². The van der Waals surface area contributed by atoms with Gasteiger partial charge in [-0.2, -0.15) is 0 Å². The van der Waals surface area contributed by atoms with E-state index in [0.717, 1.165) is 0 Å². The van der Waals surface area contributed by atoms with Crippen LogP contribution in [0, 0.1) is 5.92 Å². The van der Waals surface area contributed by atoms with E-state index in [9.17, 15) is 8.42 Å². The Morgan fingerprint density at radius 3 is 2.36 bits per heavy atom. The van der Waals surface area contributed by atoms with Gasteiger partial charge in [-0.15, -0.1) is 11.6 Å². The van der Waals surface area contributed by atoms with Gasteiger partial charge in [-0.25, -0.2) is 8.42 Å². The molecular formula is C9H20ClNO2S. The Bertz CT molecular complexity index is 239. The number of alkyl halides is 1. The molecule has 86 valence electrons. The zero-order chi connectivity index (χ0) is 11.2. The number of hydrogen-bond acceptors (Lipinski definition) is 3. The van der Waals surface area contributed by atoms with Crippen molar-refractivity contribution in [3.05, 3.63) is 0 Å². The summed E-state index contributed by atoms with van der Waals surface area (Å²) in [5.74, 6) is 0.820. The summed E-state index contributed by atoms with van der Waals surface area (Å²) < 4.78 is 22.2. The van der Waals surface area contributed by atoms with E-state index in [2.05, 4.69) is 5.32 Å². The third kappa shape index (κ3) is 6.62. The first-order valence-corrected chi connectivity index (χ1v) is 7.20. The fraction of sp³-hybridized carbons (Fsp3) is 1.00. The van der Waals surface area contributed by atoms with Crippen LogP contribution < -0.4 is 5.32 Å². The molecule has 1 unspecified atom stereocenters. The zero-order valence-electron chi connectivity index (χ0n) is 9.09. The van der Waals surface area contributed by atoms with Gasteiger partial charge in [0.1, 0.15) is 0 Å². The summed E-state index contributed by atoms with van der Waals surface area (Å²) in [6.07, 6.45) is 0. The second kappa shape index (κ2) is 6.64. The van der Waals surface area contributed by atoms with E-state index < -0.39 is 9.84 Å². The highest BCUT2D eigenvalue weighted by Crippen LogP contribution is 2.07. The minimum Gasteiger partial charge on any atom is -0.314 e. The third-order valence-electron chi connectivity index (χ3n) is 2.09. The van der Waals surface area contributed by atoms with Crippen LogP contribution in [-0.4, -0.2) is 38.4 Å². The van der Waals surface area contributed by atoms with E-state index in [1.165, 1.54) is 0 Å². The van der Waals surface area contributed by atoms with Gasteiger partial charge in [0.15, 0.2) is 9.84 Å². The molecule has 3 nitrogen and oxygen atoms in total. The maximum atomic E-state index is 11.1. The van der Waals surface area contributed by atoms with Crippen molar-refractivity contribution >= 4 is 21.4 Å². The average Bonchev–Trinajstić information content (AvgIpc) is 2.12. The fourth-order valence-electron chi connectivity index (χ4n) is 0.848. The van der Waals surface area contributed by atoms with Crippen LogP contribution in [0.3, 0.4) is 0 Å². The lowest BCUT2D eigenvalue weighted by Gasteiger charge is -2.13. The zero-order valence-corrected chi connectivity index (χ0v) is 10.7. The Kier molecular flexibility index (Phi) is 6.74. The largest absolute Gasteiger partial charge is 0.314 e. The molecule has 0 aliphatic carbocycles. The number of hydrogen-bond donors (Lipinski definition) is 1. The molecule has 0 aliphatic heterocycles. The molecule has 0 radical (unpaired) electrons. The molecule has 0 aromatic rings. The van der Waals surface area contributed by atoms with E-state index in [1.807, 2.05) is 13.8 Å². The molecule has 0 heterocycles. The molecule has 0 aliphatic rings. The normalized spacial score (nSPS) is 14.6. The van der Waals surface area contributed by atoms with Crippen LogP contribution in [0.15, 0.2) is 0 Å². The van der Waals surface area contributed by atoms with Gasteiger partial charge < -0.3 is 5.32 Å². The van der Waals surface area contributed by atoms with Gasteiger partial charge in [0.25, 0.3) is 0 Å². The molecule has 0 aromatic carbocycles. The summed E-state index contributed by atoms with van der Waals surface area (Å²) in [5, 5.41) is 3.11. The molecule has 0 bridgehead atoms.